The number of anilines is 1. The molecule has 1 N–H and O–H groups in total. The van der Waals surface area contributed by atoms with Gasteiger partial charge < -0.3 is 19.9 Å². The van der Waals surface area contributed by atoms with E-state index in [2.05, 4.69) is 11.4 Å². The minimum absolute atomic E-state index is 0.0268. The molecule has 1 heterocycles. The molecule has 2 fully saturated rings. The molecule has 1 aromatic carbocycles. The van der Waals surface area contributed by atoms with Gasteiger partial charge in [0.25, 0.3) is 5.91 Å². The number of nitrogens with zero attached hydrogens (tertiary/aromatic N) is 3. The van der Waals surface area contributed by atoms with Crippen molar-refractivity contribution >= 4 is 17.5 Å². The number of hydrogen-bond donors (Lipinski definition) is 1. The van der Waals surface area contributed by atoms with E-state index in [1.807, 2.05) is 12.1 Å². The van der Waals surface area contributed by atoms with Crippen LogP contribution in [-0.2, 0) is 9.53 Å². The van der Waals surface area contributed by atoms with Crippen molar-refractivity contribution in [3.63, 3.8) is 0 Å². The Balaban J connectivity index is 1.60. The van der Waals surface area contributed by atoms with Crippen LogP contribution in [0.5, 0.6) is 0 Å². The number of ether oxygens (including phenoxy) is 1. The lowest BCUT2D eigenvalue weighted by molar-refractivity contribution is -0.132. The van der Waals surface area contributed by atoms with Gasteiger partial charge in [0.2, 0.25) is 5.91 Å². The summed E-state index contributed by atoms with van der Waals surface area (Å²) in [6, 6.07) is 9.57. The molecule has 2 amide bonds. The summed E-state index contributed by atoms with van der Waals surface area (Å²) in [6.07, 6.45) is 4.53. The summed E-state index contributed by atoms with van der Waals surface area (Å²) >= 11 is 0. The molecule has 2 aliphatic rings. The van der Waals surface area contributed by atoms with E-state index in [4.69, 9.17) is 4.74 Å². The summed E-state index contributed by atoms with van der Waals surface area (Å²) in [5, 5.41) is 12.8. The zero-order valence-electron chi connectivity index (χ0n) is 16.4. The maximum atomic E-state index is 12.7. The van der Waals surface area contributed by atoms with Crippen LogP contribution in [0.4, 0.5) is 5.69 Å². The van der Waals surface area contributed by atoms with Gasteiger partial charge in [0.1, 0.15) is 5.54 Å². The van der Waals surface area contributed by atoms with E-state index in [0.717, 1.165) is 37.8 Å². The summed E-state index contributed by atoms with van der Waals surface area (Å²) in [4.78, 5) is 28.7. The van der Waals surface area contributed by atoms with Crippen molar-refractivity contribution in [1.82, 2.24) is 9.80 Å². The molecule has 7 nitrogen and oxygen atoms in total. The first kappa shape index (κ1) is 20.2. The van der Waals surface area contributed by atoms with Crippen molar-refractivity contribution in [2.45, 2.75) is 37.6 Å². The Morgan fingerprint density at radius 2 is 1.96 bits per heavy atom. The highest BCUT2D eigenvalue weighted by atomic mass is 16.5. The fraction of sp³-hybridized carbons (Fsp3) is 0.571. The number of carbonyl (C=O) groups excluding carboxylic acids is 2. The summed E-state index contributed by atoms with van der Waals surface area (Å²) in [6.45, 7) is 2.40. The Hall–Kier alpha value is -2.59. The van der Waals surface area contributed by atoms with Crippen LogP contribution in [-0.4, -0.2) is 67.0 Å². The van der Waals surface area contributed by atoms with Crippen LogP contribution in [0.3, 0.4) is 0 Å². The van der Waals surface area contributed by atoms with Crippen molar-refractivity contribution < 1.29 is 14.3 Å². The molecule has 0 unspecified atom stereocenters. The smallest absolute Gasteiger partial charge is 0.254 e. The Bertz CT molecular complexity index is 746. The van der Waals surface area contributed by atoms with Crippen molar-refractivity contribution in [1.29, 1.82) is 5.26 Å². The first-order valence-corrected chi connectivity index (χ1v) is 9.95. The van der Waals surface area contributed by atoms with Crippen LogP contribution >= 0.6 is 0 Å². The third-order valence-corrected chi connectivity index (χ3v) is 5.76. The lowest BCUT2D eigenvalue weighted by Gasteiger charge is -2.39. The van der Waals surface area contributed by atoms with Gasteiger partial charge in [-0.3, -0.25) is 9.59 Å². The van der Waals surface area contributed by atoms with Crippen molar-refractivity contribution in [2.24, 2.45) is 0 Å². The van der Waals surface area contributed by atoms with Crippen LogP contribution < -0.4 is 5.32 Å². The average molecular weight is 384 g/mol. The molecule has 0 radical (unpaired) electrons. The Kier molecular flexibility index (Phi) is 6.53. The topological polar surface area (TPSA) is 85.7 Å². The minimum Gasteiger partial charge on any atom is -0.378 e. The Labute approximate surface area is 166 Å². The Morgan fingerprint density at radius 3 is 2.64 bits per heavy atom. The van der Waals surface area contributed by atoms with Crippen LogP contribution in [0.1, 0.15) is 42.5 Å². The summed E-state index contributed by atoms with van der Waals surface area (Å²) in [7, 11) is 1.72. The first-order valence-electron chi connectivity index (χ1n) is 9.95. The molecule has 1 aromatic rings. The lowest BCUT2D eigenvalue weighted by atomic mass is 9.81. The summed E-state index contributed by atoms with van der Waals surface area (Å²) in [5.41, 5.74) is 0.620. The second-order valence-corrected chi connectivity index (χ2v) is 7.50. The summed E-state index contributed by atoms with van der Waals surface area (Å²) < 4.78 is 5.29. The van der Waals surface area contributed by atoms with Gasteiger partial charge >= 0.3 is 0 Å². The normalized spacial score (nSPS) is 18.8. The zero-order chi connectivity index (χ0) is 20.0. The second-order valence-electron chi connectivity index (χ2n) is 7.50. The van der Waals surface area contributed by atoms with Gasteiger partial charge in [0.05, 0.1) is 25.8 Å². The monoisotopic (exact) mass is 384 g/mol. The van der Waals surface area contributed by atoms with Crippen molar-refractivity contribution in [2.75, 3.05) is 45.2 Å². The van der Waals surface area contributed by atoms with Crippen LogP contribution in [0.15, 0.2) is 24.3 Å². The van der Waals surface area contributed by atoms with Crippen LogP contribution in [0.2, 0.25) is 0 Å². The van der Waals surface area contributed by atoms with Gasteiger partial charge in [-0.2, -0.15) is 5.26 Å². The van der Waals surface area contributed by atoms with Crippen molar-refractivity contribution in [3.8, 4) is 6.07 Å². The molecule has 0 spiro atoms. The van der Waals surface area contributed by atoms with E-state index in [9.17, 15) is 14.9 Å². The molecule has 1 saturated carbocycles. The molecule has 150 valence electrons. The maximum absolute atomic E-state index is 12.7. The number of nitriles is 1. The highest BCUT2D eigenvalue weighted by molar-refractivity contribution is 5.95. The molecular formula is C21H28N4O3. The first-order chi connectivity index (χ1) is 13.6. The quantitative estimate of drug-likeness (QED) is 0.842. The second kappa shape index (κ2) is 9.07. The predicted molar refractivity (Wildman–Crippen MR) is 106 cm³/mol. The number of nitrogens with one attached hydrogen (secondary N) is 1. The number of morpholine rings is 1. The number of carbonyl (C=O) groups is 2. The standard InChI is InChI=1S/C21H28N4O3/c1-24(21(16-22)8-3-2-4-9-21)19(26)15-23-18-7-5-6-17(14-18)20(27)25-10-12-28-13-11-25/h5-7,14,23H,2-4,8-13,15H2,1H3. The molecule has 7 heteroatoms. The van der Waals surface area contributed by atoms with E-state index in [-0.39, 0.29) is 18.4 Å². The molecule has 1 aliphatic heterocycles. The van der Waals surface area contributed by atoms with Gasteiger partial charge in [-0.05, 0) is 31.0 Å². The predicted octanol–water partition coefficient (Wildman–Crippen LogP) is 2.26. The van der Waals surface area contributed by atoms with Crippen LogP contribution in [0, 0.1) is 11.3 Å². The lowest BCUT2D eigenvalue weighted by Crippen LogP contribution is -2.51. The fourth-order valence-corrected chi connectivity index (χ4v) is 3.91. The molecule has 0 bridgehead atoms. The highest BCUT2D eigenvalue weighted by Gasteiger charge is 2.38. The Morgan fingerprint density at radius 1 is 1.25 bits per heavy atom. The fourth-order valence-electron chi connectivity index (χ4n) is 3.91. The minimum atomic E-state index is -0.689. The molecular weight excluding hydrogens is 356 g/mol. The molecule has 3 rings (SSSR count). The van der Waals surface area contributed by atoms with Gasteiger partial charge in [-0.15, -0.1) is 0 Å². The van der Waals surface area contributed by atoms with E-state index in [1.54, 1.807) is 29.0 Å². The third-order valence-electron chi connectivity index (χ3n) is 5.76. The molecule has 0 aromatic heterocycles. The largest absolute Gasteiger partial charge is 0.378 e. The van der Waals surface area contributed by atoms with Crippen molar-refractivity contribution in [3.05, 3.63) is 29.8 Å². The SMILES string of the molecule is CN(C(=O)CNc1cccc(C(=O)N2CCOCC2)c1)C1(C#N)CCCCC1. The number of rotatable bonds is 5. The number of amides is 2. The number of hydrogen-bond acceptors (Lipinski definition) is 5. The molecule has 1 saturated heterocycles. The van der Waals surface area contributed by atoms with E-state index < -0.39 is 5.54 Å². The molecule has 28 heavy (non-hydrogen) atoms. The van der Waals surface area contributed by atoms with E-state index in [0.29, 0.717) is 31.9 Å². The molecule has 0 atom stereocenters. The number of likely N-dealkylation sites (N-methyl/N-ethyl adjacent to an activating group) is 1. The average Bonchev–Trinajstić information content (AvgIpc) is 2.77. The van der Waals surface area contributed by atoms with Gasteiger partial charge in [0, 0.05) is 31.4 Å². The van der Waals surface area contributed by atoms with Gasteiger partial charge in [-0.1, -0.05) is 25.3 Å². The zero-order valence-corrected chi connectivity index (χ0v) is 16.4. The van der Waals surface area contributed by atoms with Gasteiger partial charge in [0.15, 0.2) is 0 Å². The van der Waals surface area contributed by atoms with Gasteiger partial charge in [-0.25, -0.2) is 0 Å². The highest BCUT2D eigenvalue weighted by Crippen LogP contribution is 2.32. The summed E-state index contributed by atoms with van der Waals surface area (Å²) in [5.74, 6) is -0.144. The number of benzene rings is 1. The third kappa shape index (κ3) is 4.45. The molecule has 1 aliphatic carbocycles. The van der Waals surface area contributed by atoms with E-state index in [1.165, 1.54) is 0 Å². The van der Waals surface area contributed by atoms with E-state index >= 15 is 0 Å². The van der Waals surface area contributed by atoms with Crippen LogP contribution in [0.25, 0.3) is 0 Å². The maximum Gasteiger partial charge on any atom is 0.254 e.